The molecule has 3 rings (SSSR count). The maximum atomic E-state index is 13.7. The summed E-state index contributed by atoms with van der Waals surface area (Å²) in [6, 6.07) is 16.3. The maximum absolute atomic E-state index is 13.7. The second kappa shape index (κ2) is 13.2. The summed E-state index contributed by atoms with van der Waals surface area (Å²) >= 11 is 0. The summed E-state index contributed by atoms with van der Waals surface area (Å²) in [5.41, 5.74) is 3.40. The van der Waals surface area contributed by atoms with Crippen LogP contribution in [0.4, 0.5) is 0 Å². The molecule has 5 nitrogen and oxygen atoms in total. The van der Waals surface area contributed by atoms with Gasteiger partial charge in [0.1, 0.15) is 5.41 Å². The summed E-state index contributed by atoms with van der Waals surface area (Å²) < 4.78 is 24.8. The van der Waals surface area contributed by atoms with E-state index in [2.05, 4.69) is 50.4 Å². The number of carbonyl (C=O) groups is 1. The van der Waals surface area contributed by atoms with Crippen LogP contribution >= 0.6 is 7.60 Å². The molecule has 0 fully saturated rings. The van der Waals surface area contributed by atoms with Crippen LogP contribution in [0.25, 0.3) is 11.1 Å². The summed E-state index contributed by atoms with van der Waals surface area (Å²) in [5.74, 6) is 0.00275. The molecule has 1 N–H and O–H groups in total. The van der Waals surface area contributed by atoms with Gasteiger partial charge in [0.2, 0.25) is 5.91 Å². The normalized spacial score (nSPS) is 14.1. The van der Waals surface area contributed by atoms with Gasteiger partial charge in [-0.2, -0.15) is 0 Å². The first-order chi connectivity index (χ1) is 17.0. The molecule has 0 saturated heterocycles. The van der Waals surface area contributed by atoms with Crippen LogP contribution in [0.3, 0.4) is 0 Å². The van der Waals surface area contributed by atoms with Crippen molar-refractivity contribution in [1.82, 2.24) is 5.32 Å². The van der Waals surface area contributed by atoms with Gasteiger partial charge in [-0.1, -0.05) is 94.3 Å². The van der Waals surface area contributed by atoms with E-state index in [1.165, 1.54) is 0 Å². The Morgan fingerprint density at radius 2 is 1.40 bits per heavy atom. The number of hydrogen-bond donors (Lipinski definition) is 1. The minimum Gasteiger partial charge on any atom is -0.355 e. The first kappa shape index (κ1) is 27.4. The van der Waals surface area contributed by atoms with Crippen LogP contribution in [0.2, 0.25) is 0 Å². The topological polar surface area (TPSA) is 64.6 Å². The summed E-state index contributed by atoms with van der Waals surface area (Å²) in [6.07, 6.45) is 9.03. The standard InChI is InChI=1S/C29H40NO4P/c1-4-7-21-33-35(32,34-22-8-5-2)23-14-13-19-29(28(31)30-20-6-3)26-17-11-9-15-24(26)25-16-10-12-18-27(25)29/h9-18H,4-8,19-23H2,1-3H3,(H,30,31)/b14-13+. The summed E-state index contributed by atoms with van der Waals surface area (Å²) in [5, 5.41) is 3.15. The van der Waals surface area contributed by atoms with Gasteiger partial charge in [0, 0.05) is 6.54 Å². The van der Waals surface area contributed by atoms with Crippen LogP contribution in [-0.4, -0.2) is 31.8 Å². The number of unbranched alkanes of at least 4 members (excludes halogenated alkanes) is 2. The van der Waals surface area contributed by atoms with Crippen LogP contribution in [0.5, 0.6) is 0 Å². The predicted molar refractivity (Wildman–Crippen MR) is 144 cm³/mol. The Balaban J connectivity index is 1.89. The Bertz CT molecular complexity index is 989. The zero-order valence-corrected chi connectivity index (χ0v) is 22.3. The first-order valence-corrected chi connectivity index (χ1v) is 14.8. The predicted octanol–water partition coefficient (Wildman–Crippen LogP) is 7.25. The number of fused-ring (bicyclic) bond motifs is 3. The van der Waals surface area contributed by atoms with E-state index in [0.29, 0.717) is 26.2 Å². The molecule has 1 aliphatic rings. The van der Waals surface area contributed by atoms with E-state index in [9.17, 15) is 9.36 Å². The molecule has 0 heterocycles. The Hall–Kier alpha value is -2.20. The van der Waals surface area contributed by atoms with Crippen LogP contribution in [0, 0.1) is 0 Å². The second-order valence-corrected chi connectivity index (χ2v) is 11.2. The quantitative estimate of drug-likeness (QED) is 0.160. The van der Waals surface area contributed by atoms with E-state index in [1.54, 1.807) is 0 Å². The van der Waals surface area contributed by atoms with E-state index < -0.39 is 13.0 Å². The number of amides is 1. The van der Waals surface area contributed by atoms with Gasteiger partial charge >= 0.3 is 7.60 Å². The van der Waals surface area contributed by atoms with Gasteiger partial charge in [0.15, 0.2) is 0 Å². The first-order valence-electron chi connectivity index (χ1n) is 13.0. The van der Waals surface area contributed by atoms with Crippen molar-refractivity contribution in [3.8, 4) is 11.1 Å². The molecule has 2 aromatic rings. The molecule has 0 atom stereocenters. The Labute approximate surface area is 210 Å². The number of rotatable bonds is 15. The molecular weight excluding hydrogens is 457 g/mol. The van der Waals surface area contributed by atoms with E-state index in [-0.39, 0.29) is 12.1 Å². The fourth-order valence-corrected chi connectivity index (χ4v) is 6.08. The summed E-state index contributed by atoms with van der Waals surface area (Å²) in [7, 11) is -3.22. The fourth-order valence-electron chi connectivity index (χ4n) is 4.57. The highest BCUT2D eigenvalue weighted by Crippen LogP contribution is 2.52. The molecule has 0 radical (unpaired) electrons. The zero-order valence-electron chi connectivity index (χ0n) is 21.4. The highest BCUT2D eigenvalue weighted by Gasteiger charge is 2.47. The second-order valence-electron chi connectivity index (χ2n) is 9.09. The monoisotopic (exact) mass is 497 g/mol. The van der Waals surface area contributed by atoms with Crippen molar-refractivity contribution in [2.24, 2.45) is 0 Å². The third kappa shape index (κ3) is 6.33. The highest BCUT2D eigenvalue weighted by atomic mass is 31.2. The number of carbonyl (C=O) groups excluding carboxylic acids is 1. The van der Waals surface area contributed by atoms with E-state index in [0.717, 1.165) is 54.4 Å². The Morgan fingerprint density at radius 3 is 1.91 bits per heavy atom. The average Bonchev–Trinajstić information content (AvgIpc) is 3.16. The molecule has 0 spiro atoms. The SMILES string of the molecule is CCCCOP(=O)(C/C=C/CC1(C(=O)NCCC)c2ccccc2-c2ccccc21)OCCCC. The van der Waals surface area contributed by atoms with Crippen molar-refractivity contribution >= 4 is 13.5 Å². The molecule has 1 amide bonds. The minimum absolute atomic E-state index is 0.00275. The van der Waals surface area contributed by atoms with Gasteiger partial charge in [0.25, 0.3) is 0 Å². The van der Waals surface area contributed by atoms with E-state index in [1.807, 2.05) is 36.4 Å². The van der Waals surface area contributed by atoms with Crippen molar-refractivity contribution in [2.45, 2.75) is 64.7 Å². The molecule has 0 saturated carbocycles. The zero-order chi connectivity index (χ0) is 25.2. The lowest BCUT2D eigenvalue weighted by molar-refractivity contribution is -0.125. The summed E-state index contributed by atoms with van der Waals surface area (Å²) in [6.45, 7) is 7.69. The minimum atomic E-state index is -3.22. The number of allylic oxidation sites excluding steroid dienone is 2. The van der Waals surface area contributed by atoms with Crippen molar-refractivity contribution in [3.05, 3.63) is 71.8 Å². The largest absolute Gasteiger partial charge is 0.355 e. The molecule has 0 unspecified atom stereocenters. The number of hydrogen-bond acceptors (Lipinski definition) is 4. The third-order valence-corrected chi connectivity index (χ3v) is 8.29. The van der Waals surface area contributed by atoms with Gasteiger partial charge in [-0.3, -0.25) is 9.36 Å². The van der Waals surface area contributed by atoms with Crippen molar-refractivity contribution < 1.29 is 18.4 Å². The van der Waals surface area contributed by atoms with Crippen molar-refractivity contribution in [2.75, 3.05) is 25.9 Å². The Kier molecular flexibility index (Phi) is 10.3. The molecule has 6 heteroatoms. The molecule has 0 aromatic heterocycles. The van der Waals surface area contributed by atoms with Gasteiger partial charge in [0.05, 0.1) is 19.4 Å². The molecule has 0 aliphatic heterocycles. The van der Waals surface area contributed by atoms with Crippen LogP contribution in [0.1, 0.15) is 70.4 Å². The molecule has 2 aromatic carbocycles. The summed E-state index contributed by atoms with van der Waals surface area (Å²) in [4.78, 5) is 13.7. The number of benzene rings is 2. The van der Waals surface area contributed by atoms with E-state index >= 15 is 0 Å². The smallest absolute Gasteiger partial charge is 0.334 e. The van der Waals surface area contributed by atoms with Crippen LogP contribution < -0.4 is 5.32 Å². The average molecular weight is 498 g/mol. The fraction of sp³-hybridized carbons (Fsp3) is 0.483. The highest BCUT2D eigenvalue weighted by molar-refractivity contribution is 7.54. The van der Waals surface area contributed by atoms with Gasteiger partial charge < -0.3 is 14.4 Å². The maximum Gasteiger partial charge on any atom is 0.334 e. The van der Waals surface area contributed by atoms with Gasteiger partial charge in [-0.15, -0.1) is 0 Å². The van der Waals surface area contributed by atoms with Crippen LogP contribution in [0.15, 0.2) is 60.7 Å². The Morgan fingerprint density at radius 1 is 0.857 bits per heavy atom. The molecule has 1 aliphatic carbocycles. The molecule has 0 bridgehead atoms. The van der Waals surface area contributed by atoms with Gasteiger partial charge in [-0.05, 0) is 47.9 Å². The van der Waals surface area contributed by atoms with E-state index in [4.69, 9.17) is 9.05 Å². The van der Waals surface area contributed by atoms with Crippen LogP contribution in [-0.2, 0) is 23.8 Å². The van der Waals surface area contributed by atoms with Gasteiger partial charge in [-0.25, -0.2) is 0 Å². The third-order valence-electron chi connectivity index (χ3n) is 6.48. The lowest BCUT2D eigenvalue weighted by Crippen LogP contribution is -2.44. The molecule has 35 heavy (non-hydrogen) atoms. The lowest BCUT2D eigenvalue weighted by Gasteiger charge is -2.30. The number of nitrogens with one attached hydrogen (secondary N) is 1. The van der Waals surface area contributed by atoms with Crippen molar-refractivity contribution in [3.63, 3.8) is 0 Å². The van der Waals surface area contributed by atoms with Crippen molar-refractivity contribution in [1.29, 1.82) is 0 Å². The lowest BCUT2D eigenvalue weighted by atomic mass is 9.74. The molecule has 190 valence electrons. The molecular formula is C29H40NO4P.